The predicted octanol–water partition coefficient (Wildman–Crippen LogP) is 4.33. The standard InChI is InChI=1S/C20H24O5S/c1-13(2)9-14(10-18(22)24-3)20-19(23)17(21)11-15(25-20)12-26-16-7-5-4-6-8-16/h4-8,11,13-14,23H,9-10,12H2,1-3H3/t14-/m1/s1. The lowest BCUT2D eigenvalue weighted by molar-refractivity contribution is -0.141. The average Bonchev–Trinajstić information content (AvgIpc) is 2.62. The molecule has 0 aliphatic carbocycles. The summed E-state index contributed by atoms with van der Waals surface area (Å²) in [7, 11) is 1.32. The number of aromatic hydroxyl groups is 1. The second-order valence-corrected chi connectivity index (χ2v) is 7.55. The molecule has 5 nitrogen and oxygen atoms in total. The topological polar surface area (TPSA) is 76.7 Å². The Morgan fingerprint density at radius 2 is 1.96 bits per heavy atom. The highest BCUT2D eigenvalue weighted by Gasteiger charge is 2.25. The van der Waals surface area contributed by atoms with Crippen LogP contribution in [-0.2, 0) is 15.3 Å². The van der Waals surface area contributed by atoms with Crippen molar-refractivity contribution in [1.82, 2.24) is 0 Å². The molecule has 0 spiro atoms. The van der Waals surface area contributed by atoms with Crippen LogP contribution < -0.4 is 5.43 Å². The van der Waals surface area contributed by atoms with E-state index in [2.05, 4.69) is 0 Å². The number of methoxy groups -OCH3 is 1. The molecular formula is C20H24O5S. The molecule has 26 heavy (non-hydrogen) atoms. The molecule has 2 aromatic rings. The molecule has 0 aliphatic rings. The van der Waals surface area contributed by atoms with Crippen molar-refractivity contribution in [2.24, 2.45) is 5.92 Å². The summed E-state index contributed by atoms with van der Waals surface area (Å²) < 4.78 is 10.6. The van der Waals surface area contributed by atoms with Crippen LogP contribution in [0.15, 0.2) is 50.5 Å². The Balaban J connectivity index is 2.28. The van der Waals surface area contributed by atoms with Crippen LogP contribution in [0.2, 0.25) is 0 Å². The molecule has 1 N–H and O–H groups in total. The molecule has 6 heteroatoms. The summed E-state index contributed by atoms with van der Waals surface area (Å²) in [5, 5.41) is 10.2. The molecule has 0 saturated carbocycles. The number of carbonyl (C=O) groups is 1. The largest absolute Gasteiger partial charge is 0.502 e. The molecule has 0 amide bonds. The Kier molecular flexibility index (Phi) is 7.33. The van der Waals surface area contributed by atoms with E-state index in [9.17, 15) is 14.7 Å². The zero-order valence-corrected chi connectivity index (χ0v) is 16.0. The summed E-state index contributed by atoms with van der Waals surface area (Å²) in [5.41, 5.74) is -0.492. The molecule has 0 unspecified atom stereocenters. The SMILES string of the molecule is COC(=O)C[C@@H](CC(C)C)c1oc(CSc2ccccc2)cc(=O)c1O. The van der Waals surface area contributed by atoms with Crippen LogP contribution in [0.1, 0.15) is 44.1 Å². The van der Waals surface area contributed by atoms with Crippen LogP contribution in [0.5, 0.6) is 5.75 Å². The number of esters is 1. The van der Waals surface area contributed by atoms with Gasteiger partial charge in [0.25, 0.3) is 0 Å². The van der Waals surface area contributed by atoms with Gasteiger partial charge in [-0.15, -0.1) is 11.8 Å². The molecule has 1 heterocycles. The number of hydrogen-bond acceptors (Lipinski definition) is 6. The van der Waals surface area contributed by atoms with Crippen molar-refractivity contribution < 1.29 is 19.1 Å². The lowest BCUT2D eigenvalue weighted by atomic mass is 9.91. The van der Waals surface area contributed by atoms with Gasteiger partial charge in [-0.2, -0.15) is 0 Å². The van der Waals surface area contributed by atoms with Gasteiger partial charge in [-0.25, -0.2) is 0 Å². The van der Waals surface area contributed by atoms with Crippen molar-refractivity contribution in [3.8, 4) is 5.75 Å². The van der Waals surface area contributed by atoms with E-state index in [4.69, 9.17) is 9.15 Å². The van der Waals surface area contributed by atoms with E-state index in [-0.39, 0.29) is 18.1 Å². The van der Waals surface area contributed by atoms with E-state index < -0.39 is 23.1 Å². The fraction of sp³-hybridized carbons (Fsp3) is 0.400. The van der Waals surface area contributed by atoms with Gasteiger partial charge < -0.3 is 14.3 Å². The zero-order chi connectivity index (χ0) is 19.1. The minimum absolute atomic E-state index is 0.0560. The van der Waals surface area contributed by atoms with Gasteiger partial charge in [0.2, 0.25) is 11.2 Å². The van der Waals surface area contributed by atoms with E-state index in [0.29, 0.717) is 17.9 Å². The van der Waals surface area contributed by atoms with E-state index in [1.54, 1.807) is 0 Å². The molecule has 2 rings (SSSR count). The van der Waals surface area contributed by atoms with Crippen molar-refractivity contribution in [2.45, 2.75) is 43.3 Å². The lowest BCUT2D eigenvalue weighted by Gasteiger charge is -2.18. The average molecular weight is 376 g/mol. The molecule has 1 atom stereocenters. The monoisotopic (exact) mass is 376 g/mol. The summed E-state index contributed by atoms with van der Waals surface area (Å²) >= 11 is 1.53. The predicted molar refractivity (Wildman–Crippen MR) is 101 cm³/mol. The van der Waals surface area contributed by atoms with Crippen LogP contribution in [0.3, 0.4) is 0 Å². The van der Waals surface area contributed by atoms with Crippen LogP contribution in [0.4, 0.5) is 0 Å². The van der Waals surface area contributed by atoms with Crippen molar-refractivity contribution in [3.63, 3.8) is 0 Å². The highest BCUT2D eigenvalue weighted by Crippen LogP contribution is 2.33. The van der Waals surface area contributed by atoms with E-state index >= 15 is 0 Å². The van der Waals surface area contributed by atoms with Crippen molar-refractivity contribution >= 4 is 17.7 Å². The highest BCUT2D eigenvalue weighted by molar-refractivity contribution is 7.98. The quantitative estimate of drug-likeness (QED) is 0.546. The summed E-state index contributed by atoms with van der Waals surface area (Å²) in [6.07, 6.45) is 0.654. The summed E-state index contributed by atoms with van der Waals surface area (Å²) in [6.45, 7) is 4.02. The van der Waals surface area contributed by atoms with E-state index in [1.165, 1.54) is 24.9 Å². The molecule has 0 aliphatic heterocycles. The van der Waals surface area contributed by atoms with Gasteiger partial charge in [0.05, 0.1) is 19.3 Å². The van der Waals surface area contributed by atoms with E-state index in [0.717, 1.165) is 4.90 Å². The Labute approximate surface area is 157 Å². The molecule has 0 radical (unpaired) electrons. The first-order valence-electron chi connectivity index (χ1n) is 8.51. The first-order chi connectivity index (χ1) is 12.4. The molecule has 0 saturated heterocycles. The maximum absolute atomic E-state index is 12.2. The zero-order valence-electron chi connectivity index (χ0n) is 15.2. The van der Waals surface area contributed by atoms with Crippen LogP contribution in [0, 0.1) is 5.92 Å². The molecule has 0 fully saturated rings. The van der Waals surface area contributed by atoms with Crippen LogP contribution in [0.25, 0.3) is 0 Å². The van der Waals surface area contributed by atoms with Gasteiger partial charge in [0.1, 0.15) is 5.76 Å². The number of ether oxygens (including phenoxy) is 1. The van der Waals surface area contributed by atoms with Gasteiger partial charge in [0.15, 0.2) is 5.76 Å². The van der Waals surface area contributed by atoms with Gasteiger partial charge in [-0.1, -0.05) is 32.0 Å². The summed E-state index contributed by atoms with van der Waals surface area (Å²) in [5.74, 6) is 0.123. The van der Waals surface area contributed by atoms with Crippen molar-refractivity contribution in [1.29, 1.82) is 0 Å². The number of hydrogen-bond donors (Lipinski definition) is 1. The fourth-order valence-corrected chi connectivity index (χ4v) is 3.51. The first kappa shape index (κ1) is 20.1. The second kappa shape index (κ2) is 9.48. The van der Waals surface area contributed by atoms with Crippen LogP contribution in [-0.4, -0.2) is 18.2 Å². The van der Waals surface area contributed by atoms with Crippen molar-refractivity contribution in [2.75, 3.05) is 7.11 Å². The van der Waals surface area contributed by atoms with Gasteiger partial charge in [0, 0.05) is 16.9 Å². The Morgan fingerprint density at radius 1 is 1.27 bits per heavy atom. The Bertz CT molecular complexity index is 783. The molecule has 1 aromatic carbocycles. The lowest BCUT2D eigenvalue weighted by Crippen LogP contribution is -2.14. The van der Waals surface area contributed by atoms with Crippen molar-refractivity contribution in [3.05, 3.63) is 58.1 Å². The second-order valence-electron chi connectivity index (χ2n) is 6.50. The third kappa shape index (κ3) is 5.66. The van der Waals surface area contributed by atoms with E-state index in [1.807, 2.05) is 44.2 Å². The van der Waals surface area contributed by atoms with Gasteiger partial charge >= 0.3 is 5.97 Å². The van der Waals surface area contributed by atoms with Gasteiger partial charge in [-0.05, 0) is 24.5 Å². The summed E-state index contributed by atoms with van der Waals surface area (Å²) in [6, 6.07) is 11.1. The smallest absolute Gasteiger partial charge is 0.306 e. The number of benzene rings is 1. The maximum atomic E-state index is 12.2. The minimum atomic E-state index is -0.492. The van der Waals surface area contributed by atoms with Crippen LogP contribution >= 0.6 is 11.8 Å². The molecule has 1 aromatic heterocycles. The molecule has 0 bridgehead atoms. The first-order valence-corrected chi connectivity index (χ1v) is 9.49. The maximum Gasteiger partial charge on any atom is 0.306 e. The summed E-state index contributed by atoms with van der Waals surface area (Å²) in [4.78, 5) is 25.0. The Hall–Kier alpha value is -2.21. The third-order valence-electron chi connectivity index (χ3n) is 3.89. The number of carbonyl (C=O) groups excluding carboxylic acids is 1. The molecular weight excluding hydrogens is 352 g/mol. The molecule has 140 valence electrons. The number of rotatable bonds is 8. The normalized spacial score (nSPS) is 12.2. The minimum Gasteiger partial charge on any atom is -0.502 e. The number of thioether (sulfide) groups is 1. The highest BCUT2D eigenvalue weighted by atomic mass is 32.2. The van der Waals surface area contributed by atoms with Gasteiger partial charge in [-0.3, -0.25) is 9.59 Å². The Morgan fingerprint density at radius 3 is 2.58 bits per heavy atom. The third-order valence-corrected chi connectivity index (χ3v) is 4.93. The fourth-order valence-electron chi connectivity index (χ4n) is 2.71.